The van der Waals surface area contributed by atoms with Crippen LogP contribution in [0.25, 0.3) is 0 Å². The first-order valence-electron chi connectivity index (χ1n) is 7.18. The highest BCUT2D eigenvalue weighted by Crippen LogP contribution is 2.23. The summed E-state index contributed by atoms with van der Waals surface area (Å²) in [5.41, 5.74) is 3.59. The zero-order valence-corrected chi connectivity index (χ0v) is 12.4. The molecule has 1 fully saturated rings. The number of nitrogens with one attached hydrogen (secondary N) is 1. The second kappa shape index (κ2) is 6.04. The van der Waals surface area contributed by atoms with Crippen molar-refractivity contribution in [1.82, 2.24) is 10.2 Å². The van der Waals surface area contributed by atoms with Crippen molar-refractivity contribution in [3.8, 4) is 0 Å². The van der Waals surface area contributed by atoms with Gasteiger partial charge in [-0.1, -0.05) is 23.8 Å². The van der Waals surface area contributed by atoms with Crippen LogP contribution in [0.1, 0.15) is 29.5 Å². The van der Waals surface area contributed by atoms with Gasteiger partial charge in [0.1, 0.15) is 0 Å². The van der Waals surface area contributed by atoms with Gasteiger partial charge in [0, 0.05) is 26.2 Å². The monoisotopic (exact) mass is 262 g/mol. The number of rotatable bonds is 4. The van der Waals surface area contributed by atoms with Crippen LogP contribution in [0.4, 0.5) is 0 Å². The van der Waals surface area contributed by atoms with Crippen molar-refractivity contribution < 1.29 is 5.11 Å². The molecule has 0 unspecified atom stereocenters. The van der Waals surface area contributed by atoms with E-state index in [2.05, 4.69) is 42.3 Å². The van der Waals surface area contributed by atoms with Gasteiger partial charge in [-0.05, 0) is 44.9 Å². The van der Waals surface area contributed by atoms with Crippen molar-refractivity contribution in [1.29, 1.82) is 0 Å². The normalized spacial score (nSPS) is 19.6. The molecule has 1 aliphatic heterocycles. The molecule has 2 rings (SSSR count). The number of likely N-dealkylation sites (N-methyl/N-ethyl adjacent to an activating group) is 1. The van der Waals surface area contributed by atoms with E-state index >= 15 is 0 Å². The number of hydrogen-bond acceptors (Lipinski definition) is 3. The molecular weight excluding hydrogens is 236 g/mol. The van der Waals surface area contributed by atoms with Gasteiger partial charge in [-0.3, -0.25) is 4.90 Å². The van der Waals surface area contributed by atoms with Crippen molar-refractivity contribution in [2.24, 2.45) is 0 Å². The lowest BCUT2D eigenvalue weighted by atomic mass is 9.91. The smallest absolute Gasteiger partial charge is 0.0795 e. The lowest BCUT2D eigenvalue weighted by Gasteiger charge is -2.38. The summed E-state index contributed by atoms with van der Waals surface area (Å²) in [6.07, 6.45) is 1.72. The highest BCUT2D eigenvalue weighted by atomic mass is 16.3. The van der Waals surface area contributed by atoms with Gasteiger partial charge in [-0.2, -0.15) is 0 Å². The highest BCUT2D eigenvalue weighted by Gasteiger charge is 2.31. The Morgan fingerprint density at radius 1 is 1.26 bits per heavy atom. The van der Waals surface area contributed by atoms with Gasteiger partial charge in [-0.25, -0.2) is 0 Å². The Bertz CT molecular complexity index is 423. The Kier molecular flexibility index (Phi) is 4.61. The van der Waals surface area contributed by atoms with Gasteiger partial charge in [0.15, 0.2) is 0 Å². The van der Waals surface area contributed by atoms with E-state index < -0.39 is 5.60 Å². The van der Waals surface area contributed by atoms with Crippen LogP contribution < -0.4 is 5.32 Å². The van der Waals surface area contributed by atoms with Gasteiger partial charge in [0.2, 0.25) is 0 Å². The van der Waals surface area contributed by atoms with Gasteiger partial charge < -0.3 is 10.4 Å². The van der Waals surface area contributed by atoms with Crippen molar-refractivity contribution >= 4 is 0 Å². The van der Waals surface area contributed by atoms with E-state index in [1.807, 2.05) is 7.05 Å². The van der Waals surface area contributed by atoms with Crippen LogP contribution in [0.3, 0.4) is 0 Å². The van der Waals surface area contributed by atoms with E-state index in [0.717, 1.165) is 32.5 Å². The quantitative estimate of drug-likeness (QED) is 0.869. The molecule has 106 valence electrons. The third-order valence-electron chi connectivity index (χ3n) is 4.18. The van der Waals surface area contributed by atoms with Crippen LogP contribution in [-0.4, -0.2) is 42.3 Å². The number of piperidine rings is 1. The molecule has 0 bridgehead atoms. The molecule has 0 radical (unpaired) electrons. The van der Waals surface area contributed by atoms with Crippen LogP contribution in [0.15, 0.2) is 18.2 Å². The van der Waals surface area contributed by atoms with Crippen molar-refractivity contribution in [2.45, 2.75) is 38.8 Å². The topological polar surface area (TPSA) is 35.5 Å². The molecule has 0 aliphatic carbocycles. The first kappa shape index (κ1) is 14.5. The number of nitrogens with zero attached hydrogens (tertiary/aromatic N) is 1. The van der Waals surface area contributed by atoms with E-state index in [1.165, 1.54) is 16.7 Å². The molecule has 1 saturated heterocycles. The zero-order chi connectivity index (χ0) is 13.9. The second-order valence-corrected chi connectivity index (χ2v) is 5.96. The molecule has 0 saturated carbocycles. The fourth-order valence-corrected chi connectivity index (χ4v) is 2.90. The van der Waals surface area contributed by atoms with Crippen LogP contribution >= 0.6 is 0 Å². The number of hydrogen-bond donors (Lipinski definition) is 2. The molecule has 19 heavy (non-hydrogen) atoms. The Labute approximate surface area is 116 Å². The third kappa shape index (κ3) is 3.78. The van der Waals surface area contributed by atoms with Crippen molar-refractivity contribution in [3.05, 3.63) is 34.9 Å². The molecule has 2 N–H and O–H groups in total. The molecule has 3 heteroatoms. The van der Waals surface area contributed by atoms with Gasteiger partial charge in [0.25, 0.3) is 0 Å². The van der Waals surface area contributed by atoms with E-state index in [9.17, 15) is 5.11 Å². The molecule has 1 aromatic carbocycles. The maximum atomic E-state index is 10.4. The fourth-order valence-electron chi connectivity index (χ4n) is 2.90. The first-order chi connectivity index (χ1) is 9.02. The summed E-state index contributed by atoms with van der Waals surface area (Å²) in [4.78, 5) is 2.45. The summed E-state index contributed by atoms with van der Waals surface area (Å²) in [5.74, 6) is 0. The Morgan fingerprint density at radius 3 is 2.53 bits per heavy atom. The molecule has 1 aliphatic rings. The summed E-state index contributed by atoms with van der Waals surface area (Å²) >= 11 is 0. The number of benzene rings is 1. The highest BCUT2D eigenvalue weighted by molar-refractivity contribution is 5.30. The average Bonchev–Trinajstić information content (AvgIpc) is 2.36. The van der Waals surface area contributed by atoms with Crippen LogP contribution in [0, 0.1) is 13.8 Å². The largest absolute Gasteiger partial charge is 0.388 e. The minimum atomic E-state index is -0.506. The second-order valence-electron chi connectivity index (χ2n) is 5.96. The maximum Gasteiger partial charge on any atom is 0.0795 e. The minimum Gasteiger partial charge on any atom is -0.388 e. The fraction of sp³-hybridized carbons (Fsp3) is 0.625. The van der Waals surface area contributed by atoms with E-state index in [1.54, 1.807) is 0 Å². The predicted octanol–water partition coefficient (Wildman–Crippen LogP) is 1.85. The van der Waals surface area contributed by atoms with Gasteiger partial charge >= 0.3 is 0 Å². The average molecular weight is 262 g/mol. The van der Waals surface area contributed by atoms with Crippen LogP contribution in [-0.2, 0) is 6.54 Å². The third-order valence-corrected chi connectivity index (χ3v) is 4.18. The molecule has 0 atom stereocenters. The molecule has 0 aromatic heterocycles. The summed E-state index contributed by atoms with van der Waals surface area (Å²) < 4.78 is 0. The predicted molar refractivity (Wildman–Crippen MR) is 79.3 cm³/mol. The standard InChI is InChI=1S/C16H26N2O/c1-13-4-5-15(14(2)10-13)11-18-8-6-16(19,7-9-18)12-17-3/h4-5,10,17,19H,6-9,11-12H2,1-3H3. The Hall–Kier alpha value is -0.900. The minimum absolute atomic E-state index is 0.506. The lowest BCUT2D eigenvalue weighted by Crippen LogP contribution is -2.49. The number of aryl methyl sites for hydroxylation is 2. The molecular formula is C16H26N2O. The Balaban J connectivity index is 1.92. The maximum absolute atomic E-state index is 10.4. The lowest BCUT2D eigenvalue weighted by molar-refractivity contribution is -0.0204. The molecule has 0 spiro atoms. The molecule has 1 heterocycles. The summed E-state index contributed by atoms with van der Waals surface area (Å²) in [7, 11) is 1.90. The first-order valence-corrected chi connectivity index (χ1v) is 7.18. The SMILES string of the molecule is CNCC1(O)CCN(Cc2ccc(C)cc2C)CC1. The van der Waals surface area contributed by atoms with Crippen molar-refractivity contribution in [2.75, 3.05) is 26.7 Å². The summed E-state index contributed by atoms with van der Waals surface area (Å²) in [6.45, 7) is 7.97. The van der Waals surface area contributed by atoms with Gasteiger partial charge in [-0.15, -0.1) is 0 Å². The summed E-state index contributed by atoms with van der Waals surface area (Å²) in [6, 6.07) is 6.67. The molecule has 3 nitrogen and oxygen atoms in total. The van der Waals surface area contributed by atoms with E-state index in [-0.39, 0.29) is 0 Å². The Morgan fingerprint density at radius 2 is 1.95 bits per heavy atom. The van der Waals surface area contributed by atoms with Crippen LogP contribution in [0.2, 0.25) is 0 Å². The van der Waals surface area contributed by atoms with E-state index in [0.29, 0.717) is 6.54 Å². The zero-order valence-electron chi connectivity index (χ0n) is 12.4. The van der Waals surface area contributed by atoms with Crippen molar-refractivity contribution in [3.63, 3.8) is 0 Å². The van der Waals surface area contributed by atoms with Gasteiger partial charge in [0.05, 0.1) is 5.60 Å². The summed E-state index contributed by atoms with van der Waals surface area (Å²) in [5, 5.41) is 13.4. The van der Waals surface area contributed by atoms with Crippen LogP contribution in [0.5, 0.6) is 0 Å². The number of aliphatic hydroxyl groups is 1. The molecule has 1 aromatic rings. The number of likely N-dealkylation sites (tertiary alicyclic amines) is 1. The molecule has 0 amide bonds. The van der Waals surface area contributed by atoms with E-state index in [4.69, 9.17) is 0 Å².